The summed E-state index contributed by atoms with van der Waals surface area (Å²) < 4.78 is 37.6. The predicted molar refractivity (Wildman–Crippen MR) is 110 cm³/mol. The Balaban J connectivity index is 1.94. The molecule has 0 bridgehead atoms. The summed E-state index contributed by atoms with van der Waals surface area (Å²) >= 11 is 0. The summed E-state index contributed by atoms with van der Waals surface area (Å²) in [5, 5.41) is 0. The average Bonchev–Trinajstić information content (AvgIpc) is 2.78. The lowest BCUT2D eigenvalue weighted by atomic mass is 9.83. The molecule has 156 valence electrons. The highest BCUT2D eigenvalue weighted by Crippen LogP contribution is 2.39. The largest absolute Gasteiger partial charge is 0.497 e. The van der Waals surface area contributed by atoms with Crippen molar-refractivity contribution in [2.45, 2.75) is 48.5 Å². The summed E-state index contributed by atoms with van der Waals surface area (Å²) in [5.41, 5.74) is 7.24. The van der Waals surface area contributed by atoms with E-state index < -0.39 is 26.6 Å². The summed E-state index contributed by atoms with van der Waals surface area (Å²) in [6.07, 6.45) is 3.84. The molecule has 2 aromatic rings. The van der Waals surface area contributed by atoms with Gasteiger partial charge in [-0.2, -0.15) is 0 Å². The van der Waals surface area contributed by atoms with Gasteiger partial charge in [0.05, 0.1) is 12.0 Å². The van der Waals surface area contributed by atoms with Gasteiger partial charge in [-0.3, -0.25) is 0 Å². The Morgan fingerprint density at radius 3 is 2.24 bits per heavy atom. The van der Waals surface area contributed by atoms with E-state index in [9.17, 15) is 13.2 Å². The third kappa shape index (κ3) is 4.31. The van der Waals surface area contributed by atoms with E-state index in [1.165, 1.54) is 19.2 Å². The van der Waals surface area contributed by atoms with Gasteiger partial charge in [-0.05, 0) is 42.7 Å². The molecule has 0 spiro atoms. The maximum Gasteiger partial charge on any atom is 0.343 e. The van der Waals surface area contributed by atoms with E-state index in [2.05, 4.69) is 0 Å². The van der Waals surface area contributed by atoms with Crippen molar-refractivity contribution in [2.24, 2.45) is 11.7 Å². The van der Waals surface area contributed by atoms with E-state index in [-0.39, 0.29) is 11.5 Å². The van der Waals surface area contributed by atoms with Crippen LogP contribution in [-0.4, -0.2) is 26.4 Å². The zero-order valence-electron chi connectivity index (χ0n) is 16.5. The molecule has 0 amide bonds. The Morgan fingerprint density at radius 2 is 1.66 bits per heavy atom. The Hall–Kier alpha value is -2.38. The Bertz CT molecular complexity index is 921. The fourth-order valence-electron chi connectivity index (χ4n) is 3.81. The molecule has 1 saturated carbocycles. The lowest BCUT2D eigenvalue weighted by Crippen LogP contribution is -2.61. The molecule has 29 heavy (non-hydrogen) atoms. The number of esters is 1. The van der Waals surface area contributed by atoms with Crippen molar-refractivity contribution in [1.29, 1.82) is 0 Å². The van der Waals surface area contributed by atoms with Gasteiger partial charge >= 0.3 is 5.97 Å². The predicted octanol–water partition coefficient (Wildman–Crippen LogP) is 3.45. The molecule has 1 unspecified atom stereocenters. The van der Waals surface area contributed by atoms with Crippen LogP contribution in [0.3, 0.4) is 0 Å². The molecule has 6 nitrogen and oxygen atoms in total. The van der Waals surface area contributed by atoms with E-state index in [4.69, 9.17) is 15.2 Å². The summed E-state index contributed by atoms with van der Waals surface area (Å²) in [6.45, 7) is -0.0243. The first-order chi connectivity index (χ1) is 13.9. The average molecular weight is 418 g/mol. The molecule has 0 aromatic heterocycles. The lowest BCUT2D eigenvalue weighted by molar-refractivity contribution is -0.150. The Labute approximate surface area is 171 Å². The van der Waals surface area contributed by atoms with Crippen LogP contribution in [0.1, 0.15) is 37.7 Å². The first-order valence-electron chi connectivity index (χ1n) is 9.78. The normalized spacial score (nSPS) is 17.3. The summed E-state index contributed by atoms with van der Waals surface area (Å²) in [5.74, 6) is -0.869. The topological polar surface area (TPSA) is 95.7 Å². The molecule has 1 atom stereocenters. The minimum atomic E-state index is -4.18. The molecule has 2 aromatic carbocycles. The highest BCUT2D eigenvalue weighted by atomic mass is 32.2. The van der Waals surface area contributed by atoms with Crippen molar-refractivity contribution in [3.63, 3.8) is 0 Å². The van der Waals surface area contributed by atoms with Crippen LogP contribution in [0.4, 0.5) is 0 Å². The Morgan fingerprint density at radius 1 is 1.03 bits per heavy atom. The van der Waals surface area contributed by atoms with Gasteiger partial charge in [0.1, 0.15) is 12.4 Å². The first kappa shape index (κ1) is 21.3. The van der Waals surface area contributed by atoms with Crippen LogP contribution in [0.25, 0.3) is 0 Å². The zero-order chi connectivity index (χ0) is 20.9. The van der Waals surface area contributed by atoms with Crippen LogP contribution in [0, 0.1) is 5.92 Å². The summed E-state index contributed by atoms with van der Waals surface area (Å²) in [7, 11) is -2.68. The van der Waals surface area contributed by atoms with E-state index in [1.54, 1.807) is 12.1 Å². The first-order valence-corrected chi connectivity index (χ1v) is 11.3. The molecule has 0 heterocycles. The number of benzene rings is 2. The van der Waals surface area contributed by atoms with Gasteiger partial charge in [0.15, 0.2) is 0 Å². The maximum absolute atomic E-state index is 13.5. The highest BCUT2D eigenvalue weighted by Gasteiger charge is 2.55. The van der Waals surface area contributed by atoms with Gasteiger partial charge in [-0.15, -0.1) is 0 Å². The summed E-state index contributed by atoms with van der Waals surface area (Å²) in [4.78, 5) is 11.0. The SMILES string of the molecule is COc1ccc(S(=O)(=O)C(N)(C(=O)OCc2ccccc2)C2CCCCC2)cc1. The molecule has 0 radical (unpaired) electrons. The molecule has 0 aliphatic heterocycles. The quantitative estimate of drug-likeness (QED) is 0.693. The number of hydrogen-bond donors (Lipinski definition) is 1. The van der Waals surface area contributed by atoms with Crippen molar-refractivity contribution in [3.8, 4) is 5.75 Å². The van der Waals surface area contributed by atoms with Crippen molar-refractivity contribution in [2.75, 3.05) is 7.11 Å². The number of carbonyl (C=O) groups excluding carboxylic acids is 1. The molecular weight excluding hydrogens is 390 g/mol. The fraction of sp³-hybridized carbons (Fsp3) is 0.409. The highest BCUT2D eigenvalue weighted by molar-refractivity contribution is 7.93. The molecule has 1 aliphatic carbocycles. The van der Waals surface area contributed by atoms with Crippen LogP contribution >= 0.6 is 0 Å². The third-order valence-corrected chi connectivity index (χ3v) is 7.84. The molecular formula is C22H27NO5S. The van der Waals surface area contributed by atoms with Gasteiger partial charge in [0.2, 0.25) is 14.7 Å². The number of nitrogens with two attached hydrogens (primary N) is 1. The maximum atomic E-state index is 13.5. The van der Waals surface area contributed by atoms with Crippen molar-refractivity contribution in [3.05, 3.63) is 60.2 Å². The number of ether oxygens (including phenoxy) is 2. The van der Waals surface area contributed by atoms with Gasteiger partial charge < -0.3 is 15.2 Å². The number of rotatable bonds is 7. The van der Waals surface area contributed by atoms with E-state index in [0.29, 0.717) is 18.6 Å². The third-order valence-electron chi connectivity index (χ3n) is 5.56. The van der Waals surface area contributed by atoms with Crippen LogP contribution in [0.5, 0.6) is 5.75 Å². The number of carbonyl (C=O) groups is 1. The molecule has 7 heteroatoms. The lowest BCUT2D eigenvalue weighted by Gasteiger charge is -2.36. The standard InChI is InChI=1S/C22H27NO5S/c1-27-19-12-14-20(15-13-19)29(25,26)22(23,18-10-6-3-7-11-18)21(24)28-16-17-8-4-2-5-9-17/h2,4-5,8-9,12-15,18H,3,6-7,10-11,16,23H2,1H3. The minimum absolute atomic E-state index is 0.0111. The molecule has 1 aliphatic rings. The van der Waals surface area contributed by atoms with Gasteiger partial charge in [-0.1, -0.05) is 49.6 Å². The van der Waals surface area contributed by atoms with E-state index in [0.717, 1.165) is 24.8 Å². The van der Waals surface area contributed by atoms with Crippen LogP contribution in [0.15, 0.2) is 59.5 Å². The smallest absolute Gasteiger partial charge is 0.343 e. The van der Waals surface area contributed by atoms with Gasteiger partial charge in [0, 0.05) is 5.92 Å². The van der Waals surface area contributed by atoms with Crippen molar-refractivity contribution in [1.82, 2.24) is 0 Å². The van der Waals surface area contributed by atoms with Crippen LogP contribution < -0.4 is 10.5 Å². The fourth-order valence-corrected chi connectivity index (χ4v) is 5.65. The monoisotopic (exact) mass is 417 g/mol. The van der Waals surface area contributed by atoms with Crippen molar-refractivity contribution < 1.29 is 22.7 Å². The zero-order valence-corrected chi connectivity index (χ0v) is 17.4. The van der Waals surface area contributed by atoms with Gasteiger partial charge in [0.25, 0.3) is 0 Å². The Kier molecular flexibility index (Phi) is 6.59. The van der Waals surface area contributed by atoms with Crippen molar-refractivity contribution >= 4 is 15.8 Å². The number of sulfone groups is 1. The minimum Gasteiger partial charge on any atom is -0.497 e. The number of methoxy groups -OCH3 is 1. The van der Waals surface area contributed by atoms with Crippen LogP contribution in [0.2, 0.25) is 0 Å². The number of hydrogen-bond acceptors (Lipinski definition) is 6. The van der Waals surface area contributed by atoms with Gasteiger partial charge in [-0.25, -0.2) is 13.2 Å². The molecule has 1 fully saturated rings. The second-order valence-electron chi connectivity index (χ2n) is 7.37. The second kappa shape index (κ2) is 8.97. The molecule has 2 N–H and O–H groups in total. The molecule has 3 rings (SSSR count). The van der Waals surface area contributed by atoms with Crippen LogP contribution in [-0.2, 0) is 26.0 Å². The van der Waals surface area contributed by atoms with E-state index in [1.807, 2.05) is 30.3 Å². The summed E-state index contributed by atoms with van der Waals surface area (Å²) in [6, 6.07) is 15.1. The molecule has 0 saturated heterocycles. The second-order valence-corrected chi connectivity index (χ2v) is 9.52. The van der Waals surface area contributed by atoms with E-state index >= 15 is 0 Å².